The third kappa shape index (κ3) is 4.30. The van der Waals surface area contributed by atoms with E-state index in [1.54, 1.807) is 0 Å². The Morgan fingerprint density at radius 1 is 1.21 bits per heavy atom. The molecule has 1 heterocycles. The van der Waals surface area contributed by atoms with Gasteiger partial charge in [0.25, 0.3) is 0 Å². The average molecular weight is 265 g/mol. The molecule has 1 unspecified atom stereocenters. The third-order valence-electron chi connectivity index (χ3n) is 4.11. The minimum absolute atomic E-state index is 0.0882. The zero-order valence-corrected chi connectivity index (χ0v) is 12.1. The van der Waals surface area contributed by atoms with Gasteiger partial charge in [0.15, 0.2) is 5.82 Å². The van der Waals surface area contributed by atoms with Crippen LogP contribution in [0.4, 0.5) is 0 Å². The van der Waals surface area contributed by atoms with Gasteiger partial charge in [0.2, 0.25) is 5.89 Å². The van der Waals surface area contributed by atoms with Gasteiger partial charge in [-0.3, -0.25) is 0 Å². The lowest BCUT2D eigenvalue weighted by atomic mass is 9.91. The molecule has 0 aromatic carbocycles. The molecule has 0 saturated heterocycles. The quantitative estimate of drug-likeness (QED) is 0.871. The first-order valence-electron chi connectivity index (χ1n) is 7.90. The maximum Gasteiger partial charge on any atom is 0.243 e. The van der Waals surface area contributed by atoms with Crippen LogP contribution in [0.15, 0.2) is 4.52 Å². The summed E-state index contributed by atoms with van der Waals surface area (Å²) >= 11 is 0. The van der Waals surface area contributed by atoms with Crippen LogP contribution >= 0.6 is 0 Å². The van der Waals surface area contributed by atoms with E-state index < -0.39 is 0 Å². The van der Waals surface area contributed by atoms with Gasteiger partial charge in [-0.15, -0.1) is 0 Å². The van der Waals surface area contributed by atoms with E-state index in [0.717, 1.165) is 25.1 Å². The van der Waals surface area contributed by atoms with Crippen molar-refractivity contribution < 1.29 is 4.52 Å². The first-order valence-corrected chi connectivity index (χ1v) is 7.90. The second-order valence-electron chi connectivity index (χ2n) is 5.78. The first-order chi connectivity index (χ1) is 9.31. The number of hydrogen-bond donors (Lipinski definition) is 1. The largest absolute Gasteiger partial charge is 0.338 e. The highest BCUT2D eigenvalue weighted by atomic mass is 16.5. The molecule has 19 heavy (non-hydrogen) atoms. The molecule has 2 rings (SSSR count). The molecule has 0 bridgehead atoms. The molecule has 1 aliphatic carbocycles. The van der Waals surface area contributed by atoms with Gasteiger partial charge in [0, 0.05) is 5.92 Å². The van der Waals surface area contributed by atoms with Gasteiger partial charge in [-0.1, -0.05) is 57.0 Å². The first kappa shape index (κ1) is 14.5. The maximum absolute atomic E-state index is 6.08. The summed E-state index contributed by atoms with van der Waals surface area (Å²) in [5.41, 5.74) is 6.08. The Labute approximate surface area is 116 Å². The van der Waals surface area contributed by atoms with Gasteiger partial charge in [-0.25, -0.2) is 0 Å². The summed E-state index contributed by atoms with van der Waals surface area (Å²) in [7, 11) is 0. The summed E-state index contributed by atoms with van der Waals surface area (Å²) in [5.74, 6) is 2.01. The van der Waals surface area contributed by atoms with Gasteiger partial charge in [-0.2, -0.15) is 4.98 Å². The zero-order valence-electron chi connectivity index (χ0n) is 12.1. The van der Waals surface area contributed by atoms with Crippen molar-refractivity contribution in [2.24, 2.45) is 5.73 Å². The van der Waals surface area contributed by atoms with E-state index in [-0.39, 0.29) is 6.04 Å². The summed E-state index contributed by atoms with van der Waals surface area (Å²) in [5, 5.41) is 4.18. The molecule has 1 fully saturated rings. The van der Waals surface area contributed by atoms with Crippen molar-refractivity contribution >= 4 is 0 Å². The molecule has 0 aliphatic heterocycles. The molecule has 1 aromatic rings. The molecule has 1 atom stereocenters. The topological polar surface area (TPSA) is 64.9 Å². The molecule has 0 amide bonds. The number of aromatic nitrogens is 2. The molecule has 1 aromatic heterocycles. The van der Waals surface area contributed by atoms with Crippen LogP contribution in [-0.2, 0) is 0 Å². The summed E-state index contributed by atoms with van der Waals surface area (Å²) in [4.78, 5) is 4.56. The molecule has 0 radical (unpaired) electrons. The number of unbranched alkanes of at least 4 members (excludes halogenated alkanes) is 1. The van der Waals surface area contributed by atoms with E-state index in [2.05, 4.69) is 17.1 Å². The van der Waals surface area contributed by atoms with Crippen molar-refractivity contribution in [1.82, 2.24) is 10.1 Å². The monoisotopic (exact) mass is 265 g/mol. The lowest BCUT2D eigenvalue weighted by Crippen LogP contribution is -2.11. The Bertz CT molecular complexity index is 356. The van der Waals surface area contributed by atoms with E-state index in [9.17, 15) is 0 Å². The number of rotatable bonds is 5. The molecule has 1 aliphatic rings. The van der Waals surface area contributed by atoms with Crippen molar-refractivity contribution in [3.8, 4) is 0 Å². The Morgan fingerprint density at radius 3 is 2.58 bits per heavy atom. The molecule has 0 spiro atoms. The van der Waals surface area contributed by atoms with E-state index in [1.165, 1.54) is 44.9 Å². The number of hydrogen-bond acceptors (Lipinski definition) is 4. The molecular weight excluding hydrogens is 238 g/mol. The fourth-order valence-corrected chi connectivity index (χ4v) is 2.83. The van der Waals surface area contributed by atoms with Gasteiger partial charge in [-0.05, 0) is 19.3 Å². The highest BCUT2D eigenvalue weighted by Gasteiger charge is 2.21. The van der Waals surface area contributed by atoms with Crippen molar-refractivity contribution in [2.75, 3.05) is 0 Å². The van der Waals surface area contributed by atoms with Crippen LogP contribution in [0.2, 0.25) is 0 Å². The standard InChI is InChI=1S/C15H27N3O/c1-2-3-11-13(16)15-17-14(18-19-15)12-9-7-5-4-6-8-10-12/h12-13H,2-11,16H2,1H3. The van der Waals surface area contributed by atoms with Crippen molar-refractivity contribution in [3.05, 3.63) is 11.7 Å². The van der Waals surface area contributed by atoms with Gasteiger partial charge in [0.05, 0.1) is 6.04 Å². The molecule has 1 saturated carbocycles. The Balaban J connectivity index is 1.94. The van der Waals surface area contributed by atoms with Crippen LogP contribution in [0, 0.1) is 0 Å². The minimum Gasteiger partial charge on any atom is -0.338 e. The second kappa shape index (κ2) is 7.63. The van der Waals surface area contributed by atoms with Gasteiger partial charge in [0.1, 0.15) is 0 Å². The molecule has 4 heteroatoms. The highest BCUT2D eigenvalue weighted by molar-refractivity contribution is 4.98. The lowest BCUT2D eigenvalue weighted by Gasteiger charge is -2.15. The number of nitrogens with two attached hydrogens (primary N) is 1. The van der Waals surface area contributed by atoms with Crippen LogP contribution in [-0.4, -0.2) is 10.1 Å². The highest BCUT2D eigenvalue weighted by Crippen LogP contribution is 2.29. The molecule has 108 valence electrons. The predicted molar refractivity (Wildman–Crippen MR) is 75.8 cm³/mol. The van der Waals surface area contributed by atoms with Crippen LogP contribution < -0.4 is 5.73 Å². The van der Waals surface area contributed by atoms with Crippen molar-refractivity contribution in [3.63, 3.8) is 0 Å². The lowest BCUT2D eigenvalue weighted by molar-refractivity contribution is 0.336. The molecule has 2 N–H and O–H groups in total. The van der Waals surface area contributed by atoms with E-state index >= 15 is 0 Å². The zero-order chi connectivity index (χ0) is 13.5. The van der Waals surface area contributed by atoms with E-state index in [4.69, 9.17) is 10.3 Å². The summed E-state index contributed by atoms with van der Waals surface area (Å²) in [6.07, 6.45) is 12.2. The van der Waals surface area contributed by atoms with Gasteiger partial charge >= 0.3 is 0 Å². The van der Waals surface area contributed by atoms with Crippen molar-refractivity contribution in [2.45, 2.75) is 83.1 Å². The summed E-state index contributed by atoms with van der Waals surface area (Å²) in [6.45, 7) is 2.17. The minimum atomic E-state index is -0.0882. The Hall–Kier alpha value is -0.900. The van der Waals surface area contributed by atoms with E-state index in [1.807, 2.05) is 0 Å². The fraction of sp³-hybridized carbons (Fsp3) is 0.867. The average Bonchev–Trinajstić information content (AvgIpc) is 2.85. The SMILES string of the molecule is CCCCC(N)c1nc(C2CCCCCCC2)no1. The van der Waals surface area contributed by atoms with Crippen LogP contribution in [0.5, 0.6) is 0 Å². The second-order valence-corrected chi connectivity index (χ2v) is 5.78. The predicted octanol–water partition coefficient (Wildman–Crippen LogP) is 4.09. The molecular formula is C15H27N3O. The Morgan fingerprint density at radius 2 is 1.89 bits per heavy atom. The number of nitrogens with zero attached hydrogens (tertiary/aromatic N) is 2. The summed E-state index contributed by atoms with van der Waals surface area (Å²) in [6, 6.07) is -0.0882. The Kier molecular flexibility index (Phi) is 5.83. The van der Waals surface area contributed by atoms with Crippen LogP contribution in [0.25, 0.3) is 0 Å². The molecule has 4 nitrogen and oxygen atoms in total. The van der Waals surface area contributed by atoms with E-state index in [0.29, 0.717) is 11.8 Å². The third-order valence-corrected chi connectivity index (χ3v) is 4.11. The normalized spacial score (nSPS) is 19.9. The van der Waals surface area contributed by atoms with Crippen LogP contribution in [0.1, 0.15) is 94.8 Å². The summed E-state index contributed by atoms with van der Waals surface area (Å²) < 4.78 is 5.36. The van der Waals surface area contributed by atoms with Crippen molar-refractivity contribution in [1.29, 1.82) is 0 Å². The maximum atomic E-state index is 6.08. The van der Waals surface area contributed by atoms with Crippen LogP contribution in [0.3, 0.4) is 0 Å². The fourth-order valence-electron chi connectivity index (χ4n) is 2.83. The van der Waals surface area contributed by atoms with Gasteiger partial charge < -0.3 is 10.3 Å². The smallest absolute Gasteiger partial charge is 0.243 e.